The van der Waals surface area contributed by atoms with Crippen LogP contribution in [0.4, 0.5) is 5.13 Å². The van der Waals surface area contributed by atoms with Gasteiger partial charge in [0.1, 0.15) is 5.51 Å². The predicted octanol–water partition coefficient (Wildman–Crippen LogP) is 0.866. The summed E-state index contributed by atoms with van der Waals surface area (Å²) in [5.74, 6) is 0.0618. The molecule has 0 spiro atoms. The second-order valence-corrected chi connectivity index (χ2v) is 4.59. The molecule has 1 aromatic heterocycles. The van der Waals surface area contributed by atoms with Crippen LogP contribution in [0.15, 0.2) is 5.51 Å². The quantitative estimate of drug-likeness (QED) is 0.802. The zero-order valence-electron chi connectivity index (χ0n) is 8.62. The van der Waals surface area contributed by atoms with E-state index in [0.717, 1.165) is 25.9 Å². The Morgan fingerprint density at radius 1 is 1.80 bits per heavy atom. The molecule has 82 valence electrons. The lowest BCUT2D eigenvalue weighted by molar-refractivity contribution is -0.124. The minimum Gasteiger partial charge on any atom is -0.316 e. The summed E-state index contributed by atoms with van der Waals surface area (Å²) in [4.78, 5) is 12.1. The van der Waals surface area contributed by atoms with Gasteiger partial charge in [0.05, 0.1) is 5.41 Å². The number of carbonyl (C=O) groups is 1. The Morgan fingerprint density at radius 2 is 2.67 bits per heavy atom. The lowest BCUT2D eigenvalue weighted by Crippen LogP contribution is -2.37. The highest BCUT2D eigenvalue weighted by atomic mass is 32.1. The molecule has 2 rings (SSSR count). The summed E-state index contributed by atoms with van der Waals surface area (Å²) in [6, 6.07) is 0. The van der Waals surface area contributed by atoms with Crippen LogP contribution in [0.5, 0.6) is 0 Å². The molecule has 15 heavy (non-hydrogen) atoms. The lowest BCUT2D eigenvalue weighted by Gasteiger charge is -2.24. The van der Waals surface area contributed by atoms with Gasteiger partial charge in [-0.05, 0) is 19.4 Å². The van der Waals surface area contributed by atoms with Crippen molar-refractivity contribution in [2.75, 3.05) is 18.4 Å². The van der Waals surface area contributed by atoms with Gasteiger partial charge in [-0.1, -0.05) is 18.3 Å². The van der Waals surface area contributed by atoms with Crippen LogP contribution in [0.2, 0.25) is 0 Å². The summed E-state index contributed by atoms with van der Waals surface area (Å²) in [5, 5.41) is 14.1. The molecule has 5 nitrogen and oxygen atoms in total. The molecule has 0 aliphatic carbocycles. The highest BCUT2D eigenvalue weighted by molar-refractivity contribution is 7.13. The van der Waals surface area contributed by atoms with Gasteiger partial charge in [0.25, 0.3) is 0 Å². The molecule has 2 heterocycles. The number of aromatic nitrogens is 2. The van der Waals surface area contributed by atoms with E-state index in [-0.39, 0.29) is 11.3 Å². The Morgan fingerprint density at radius 3 is 3.20 bits per heavy atom. The second kappa shape index (κ2) is 4.24. The molecule has 1 amide bonds. The van der Waals surface area contributed by atoms with Gasteiger partial charge in [-0.2, -0.15) is 0 Å². The van der Waals surface area contributed by atoms with E-state index in [2.05, 4.69) is 20.8 Å². The van der Waals surface area contributed by atoms with Gasteiger partial charge in [0.15, 0.2) is 0 Å². The molecule has 0 aromatic carbocycles. The first-order valence-corrected chi connectivity index (χ1v) is 5.93. The molecule has 0 bridgehead atoms. The van der Waals surface area contributed by atoms with E-state index >= 15 is 0 Å². The number of nitrogens with zero attached hydrogens (tertiary/aromatic N) is 2. The standard InChI is InChI=1S/C9H14N4OS/c1-2-9(3-4-10-5-9)7(14)12-8-13-11-6-15-8/h6,10H,2-5H2,1H3,(H,12,13,14). The maximum Gasteiger partial charge on any atom is 0.233 e. The van der Waals surface area contributed by atoms with Crippen LogP contribution in [0.3, 0.4) is 0 Å². The molecule has 1 fully saturated rings. The lowest BCUT2D eigenvalue weighted by atomic mass is 9.83. The van der Waals surface area contributed by atoms with Crippen LogP contribution < -0.4 is 10.6 Å². The molecule has 1 saturated heterocycles. The maximum absolute atomic E-state index is 12.1. The zero-order valence-corrected chi connectivity index (χ0v) is 9.43. The second-order valence-electron chi connectivity index (χ2n) is 3.76. The summed E-state index contributed by atoms with van der Waals surface area (Å²) in [5.41, 5.74) is 1.35. The molecule has 1 aliphatic rings. The molecule has 1 aromatic rings. The summed E-state index contributed by atoms with van der Waals surface area (Å²) >= 11 is 1.34. The van der Waals surface area contributed by atoms with E-state index in [1.54, 1.807) is 5.51 Å². The third kappa shape index (κ3) is 2.00. The van der Waals surface area contributed by atoms with Gasteiger partial charge < -0.3 is 10.6 Å². The van der Waals surface area contributed by atoms with Gasteiger partial charge >= 0.3 is 0 Å². The average Bonchev–Trinajstić information content (AvgIpc) is 2.87. The molecule has 6 heteroatoms. The smallest absolute Gasteiger partial charge is 0.233 e. The van der Waals surface area contributed by atoms with E-state index < -0.39 is 0 Å². The normalized spacial score (nSPS) is 25.4. The van der Waals surface area contributed by atoms with Crippen LogP contribution in [-0.2, 0) is 4.79 Å². The van der Waals surface area contributed by atoms with Gasteiger partial charge in [-0.15, -0.1) is 10.2 Å². The van der Waals surface area contributed by atoms with Gasteiger partial charge in [0, 0.05) is 6.54 Å². The third-order valence-electron chi connectivity index (χ3n) is 2.98. The van der Waals surface area contributed by atoms with Crippen LogP contribution >= 0.6 is 11.3 Å². The number of hydrogen-bond donors (Lipinski definition) is 2. The minimum absolute atomic E-state index is 0.0618. The van der Waals surface area contributed by atoms with Gasteiger partial charge in [0.2, 0.25) is 11.0 Å². The number of rotatable bonds is 3. The Bertz CT molecular complexity index is 332. The van der Waals surface area contributed by atoms with Crippen molar-refractivity contribution < 1.29 is 4.79 Å². The topological polar surface area (TPSA) is 66.9 Å². The summed E-state index contributed by atoms with van der Waals surface area (Å²) in [7, 11) is 0. The van der Waals surface area contributed by atoms with E-state index in [9.17, 15) is 4.79 Å². The predicted molar refractivity (Wildman–Crippen MR) is 58.7 cm³/mol. The van der Waals surface area contributed by atoms with Crippen molar-refractivity contribution in [2.45, 2.75) is 19.8 Å². The fraction of sp³-hybridized carbons (Fsp3) is 0.667. The molecule has 1 unspecified atom stereocenters. The number of amides is 1. The van der Waals surface area contributed by atoms with Crippen LogP contribution in [0, 0.1) is 5.41 Å². The van der Waals surface area contributed by atoms with Gasteiger partial charge in [-0.3, -0.25) is 4.79 Å². The SMILES string of the molecule is CCC1(C(=O)Nc2nncs2)CCNC1. The molecule has 0 saturated carbocycles. The number of nitrogens with one attached hydrogen (secondary N) is 2. The van der Waals surface area contributed by atoms with Crippen LogP contribution in [0.1, 0.15) is 19.8 Å². The first-order chi connectivity index (χ1) is 7.27. The minimum atomic E-state index is -0.258. The monoisotopic (exact) mass is 226 g/mol. The average molecular weight is 226 g/mol. The summed E-state index contributed by atoms with van der Waals surface area (Å²) in [6.45, 7) is 3.72. The van der Waals surface area contributed by atoms with Crippen molar-refractivity contribution in [1.29, 1.82) is 0 Å². The number of anilines is 1. The summed E-state index contributed by atoms with van der Waals surface area (Å²) < 4.78 is 0. The number of hydrogen-bond acceptors (Lipinski definition) is 5. The fourth-order valence-corrected chi connectivity index (χ4v) is 2.30. The fourth-order valence-electron chi connectivity index (χ4n) is 1.86. The van der Waals surface area contributed by atoms with E-state index in [0.29, 0.717) is 5.13 Å². The van der Waals surface area contributed by atoms with Crippen LogP contribution in [-0.4, -0.2) is 29.2 Å². The highest BCUT2D eigenvalue weighted by Crippen LogP contribution is 2.30. The Kier molecular flexibility index (Phi) is 2.97. The van der Waals surface area contributed by atoms with Crippen molar-refractivity contribution >= 4 is 22.4 Å². The Hall–Kier alpha value is -1.01. The van der Waals surface area contributed by atoms with Crippen molar-refractivity contribution in [3.05, 3.63) is 5.51 Å². The molecule has 1 atom stereocenters. The first-order valence-electron chi connectivity index (χ1n) is 5.05. The van der Waals surface area contributed by atoms with Crippen molar-refractivity contribution in [3.8, 4) is 0 Å². The molecular weight excluding hydrogens is 212 g/mol. The molecule has 1 aliphatic heterocycles. The maximum atomic E-state index is 12.1. The molecule has 0 radical (unpaired) electrons. The molecular formula is C9H14N4OS. The molecule has 2 N–H and O–H groups in total. The van der Waals surface area contributed by atoms with Crippen molar-refractivity contribution in [3.63, 3.8) is 0 Å². The van der Waals surface area contributed by atoms with E-state index in [4.69, 9.17) is 0 Å². The zero-order chi connectivity index (χ0) is 10.7. The van der Waals surface area contributed by atoms with Gasteiger partial charge in [-0.25, -0.2) is 0 Å². The van der Waals surface area contributed by atoms with Crippen molar-refractivity contribution in [1.82, 2.24) is 15.5 Å². The van der Waals surface area contributed by atoms with Crippen LogP contribution in [0.25, 0.3) is 0 Å². The highest BCUT2D eigenvalue weighted by Gasteiger charge is 2.39. The third-order valence-corrected chi connectivity index (χ3v) is 3.59. The first kappa shape index (κ1) is 10.5. The summed E-state index contributed by atoms with van der Waals surface area (Å²) in [6.07, 6.45) is 1.75. The number of carbonyl (C=O) groups excluding carboxylic acids is 1. The van der Waals surface area contributed by atoms with E-state index in [1.807, 2.05) is 6.92 Å². The van der Waals surface area contributed by atoms with Crippen molar-refractivity contribution in [2.24, 2.45) is 5.41 Å². The van der Waals surface area contributed by atoms with E-state index in [1.165, 1.54) is 11.3 Å². The largest absolute Gasteiger partial charge is 0.316 e. The Balaban J connectivity index is 2.06. The Labute approximate surface area is 92.3 Å².